The number of benzene rings is 13. The van der Waals surface area contributed by atoms with Gasteiger partial charge in [0.05, 0.1) is 16.4 Å². The maximum Gasteiger partial charge on any atom is 0.0714 e. The van der Waals surface area contributed by atoms with Crippen molar-refractivity contribution in [1.29, 1.82) is 0 Å². The third-order valence-corrected chi connectivity index (χ3v) is 18.0. The van der Waals surface area contributed by atoms with Gasteiger partial charge in [0.1, 0.15) is 0 Å². The predicted molar refractivity (Wildman–Crippen MR) is 359 cm³/mol. The molecular formula is C83H62N2. The molecule has 0 N–H and O–H groups in total. The van der Waals surface area contributed by atoms with Crippen LogP contribution in [0.3, 0.4) is 0 Å². The normalized spacial score (nSPS) is 12.7. The fourth-order valence-electron chi connectivity index (χ4n) is 13.4. The van der Waals surface area contributed by atoms with Gasteiger partial charge in [-0.2, -0.15) is 0 Å². The van der Waals surface area contributed by atoms with Crippen LogP contribution in [-0.2, 0) is 5.41 Å². The van der Waals surface area contributed by atoms with Crippen molar-refractivity contribution in [2.45, 2.75) is 31.6 Å². The molecule has 2 nitrogen and oxygen atoms in total. The van der Waals surface area contributed by atoms with Crippen LogP contribution in [0.5, 0.6) is 0 Å². The molecule has 0 bridgehead atoms. The Balaban J connectivity index is 0.860. The van der Waals surface area contributed by atoms with Crippen molar-refractivity contribution in [3.63, 3.8) is 0 Å². The molecule has 0 saturated heterocycles. The monoisotopic (exact) mass is 1090 g/mol. The third kappa shape index (κ3) is 9.06. The lowest BCUT2D eigenvalue weighted by Gasteiger charge is -2.34. The first-order valence-electron chi connectivity index (χ1n) is 29.9. The molecule has 1 heterocycles. The summed E-state index contributed by atoms with van der Waals surface area (Å²) in [5.74, 6) is 0.548. The first-order valence-corrected chi connectivity index (χ1v) is 29.9. The topological polar surface area (TPSA) is 8.17 Å². The van der Waals surface area contributed by atoms with E-state index in [9.17, 15) is 0 Å². The quantitative estimate of drug-likeness (QED) is 0.112. The average molecular weight is 1090 g/mol. The van der Waals surface area contributed by atoms with Gasteiger partial charge in [0.15, 0.2) is 0 Å². The van der Waals surface area contributed by atoms with Crippen LogP contribution in [-0.4, -0.2) is 4.57 Å². The Morgan fingerprint density at radius 3 is 1.12 bits per heavy atom. The molecule has 1 atom stereocenters. The van der Waals surface area contributed by atoms with E-state index in [4.69, 9.17) is 0 Å². The Morgan fingerprint density at radius 2 is 0.671 bits per heavy atom. The SMILES string of the molecule is CCC(C)c1ccc(-c2ccc(-c3ccc4c(c3)c3cc(-c5ccc(N(c6ccc(-c7ccccc7)cc6)c6ccc(-c7ccccc7)cc6)cc5)ccc3n4-c3ccc4c(c3)C(c3ccccc3)(c3ccccc3)c3ccccc3-4)cc2)cc1. The van der Waals surface area contributed by atoms with Crippen molar-refractivity contribution < 1.29 is 0 Å². The highest BCUT2D eigenvalue weighted by atomic mass is 15.1. The highest BCUT2D eigenvalue weighted by Crippen LogP contribution is 2.57. The standard InChI is InChI=1S/C83H62N2/c1-3-57(2)58-28-30-61(31-29-58)62-32-34-65(35-33-62)67-42-52-81-77(54-67)78-55-68(43-53-82(78)85(81)74-50-51-76-75-26-16-17-27-79(75)83(80(76)56-74,69-22-12-6-13-23-69)70-24-14-7-15-25-70)66-40-48-73(49-41-66)84(71-44-36-63(37-45-71)59-18-8-4-9-19-59)72-46-38-64(39-47-72)60-20-10-5-11-21-60/h4-57H,3H2,1-2H3. The van der Waals surface area contributed by atoms with Gasteiger partial charge in [-0.15, -0.1) is 0 Å². The van der Waals surface area contributed by atoms with Gasteiger partial charge in [-0.3, -0.25) is 0 Å². The molecule has 0 radical (unpaired) electrons. The lowest BCUT2D eigenvalue weighted by molar-refractivity contribution is 0.734. The molecule has 0 aliphatic heterocycles. The summed E-state index contributed by atoms with van der Waals surface area (Å²) >= 11 is 0. The molecule has 2 heteroatoms. The largest absolute Gasteiger partial charge is 0.311 e. The number of hydrogen-bond acceptors (Lipinski definition) is 1. The van der Waals surface area contributed by atoms with E-state index >= 15 is 0 Å². The smallest absolute Gasteiger partial charge is 0.0714 e. The van der Waals surface area contributed by atoms with E-state index in [0.717, 1.165) is 51.3 Å². The Labute approximate surface area is 498 Å². The van der Waals surface area contributed by atoms with Gasteiger partial charge in [0, 0.05) is 33.5 Å². The zero-order chi connectivity index (χ0) is 56.8. The molecule has 85 heavy (non-hydrogen) atoms. The molecule has 13 aromatic carbocycles. The number of rotatable bonds is 13. The number of hydrogen-bond donors (Lipinski definition) is 0. The summed E-state index contributed by atoms with van der Waals surface area (Å²) in [7, 11) is 0. The van der Waals surface area contributed by atoms with E-state index in [1.807, 2.05) is 0 Å². The Hall–Kier alpha value is -10.5. The van der Waals surface area contributed by atoms with Crippen LogP contribution in [0, 0.1) is 0 Å². The van der Waals surface area contributed by atoms with Gasteiger partial charge in [0.2, 0.25) is 0 Å². The van der Waals surface area contributed by atoms with E-state index in [1.165, 1.54) is 94.2 Å². The van der Waals surface area contributed by atoms with Crippen LogP contribution < -0.4 is 4.90 Å². The molecule has 404 valence electrons. The molecule has 15 rings (SSSR count). The molecule has 0 saturated carbocycles. The highest BCUT2D eigenvalue weighted by molar-refractivity contribution is 6.12. The van der Waals surface area contributed by atoms with E-state index in [0.29, 0.717) is 5.92 Å². The van der Waals surface area contributed by atoms with Crippen molar-refractivity contribution >= 4 is 38.9 Å². The number of aromatic nitrogens is 1. The molecule has 1 aromatic heterocycles. The molecular weight excluding hydrogens is 1020 g/mol. The minimum atomic E-state index is -0.523. The Kier molecular flexibility index (Phi) is 13.1. The van der Waals surface area contributed by atoms with Gasteiger partial charge >= 0.3 is 0 Å². The van der Waals surface area contributed by atoms with Crippen LogP contribution >= 0.6 is 0 Å². The second-order valence-corrected chi connectivity index (χ2v) is 22.8. The number of nitrogens with zero attached hydrogens (tertiary/aromatic N) is 2. The highest BCUT2D eigenvalue weighted by Gasteiger charge is 2.46. The molecule has 0 amide bonds. The third-order valence-electron chi connectivity index (χ3n) is 18.0. The summed E-state index contributed by atoms with van der Waals surface area (Å²) in [6.07, 6.45) is 1.13. The molecule has 1 unspecified atom stereocenters. The molecule has 0 fully saturated rings. The summed E-state index contributed by atoms with van der Waals surface area (Å²) in [5, 5.41) is 2.41. The molecule has 1 aliphatic carbocycles. The lowest BCUT2D eigenvalue weighted by Crippen LogP contribution is -2.28. The van der Waals surface area contributed by atoms with Crippen LogP contribution in [0.15, 0.2) is 322 Å². The predicted octanol–water partition coefficient (Wildman–Crippen LogP) is 22.5. The van der Waals surface area contributed by atoms with Crippen molar-refractivity contribution in [2.24, 2.45) is 0 Å². The van der Waals surface area contributed by atoms with Crippen molar-refractivity contribution in [2.75, 3.05) is 4.90 Å². The zero-order valence-corrected chi connectivity index (χ0v) is 47.8. The molecule has 1 aliphatic rings. The fourth-order valence-corrected chi connectivity index (χ4v) is 13.4. The van der Waals surface area contributed by atoms with Crippen LogP contribution in [0.25, 0.3) is 94.3 Å². The minimum Gasteiger partial charge on any atom is -0.311 e. The van der Waals surface area contributed by atoms with Crippen molar-refractivity contribution in [1.82, 2.24) is 4.57 Å². The Morgan fingerprint density at radius 1 is 0.318 bits per heavy atom. The molecule has 14 aromatic rings. The summed E-state index contributed by atoms with van der Waals surface area (Å²) in [6, 6.07) is 119. The van der Waals surface area contributed by atoms with Gasteiger partial charge in [-0.05, 0) is 180 Å². The maximum absolute atomic E-state index is 2.50. The van der Waals surface area contributed by atoms with Gasteiger partial charge in [-0.1, -0.05) is 263 Å². The minimum absolute atomic E-state index is 0.523. The first-order chi connectivity index (χ1) is 42.0. The molecule has 0 spiro atoms. The average Bonchev–Trinajstić information content (AvgIpc) is 1.61. The van der Waals surface area contributed by atoms with Crippen molar-refractivity contribution in [3.05, 3.63) is 349 Å². The van der Waals surface area contributed by atoms with E-state index < -0.39 is 5.41 Å². The summed E-state index contributed by atoms with van der Waals surface area (Å²) in [6.45, 7) is 4.56. The van der Waals surface area contributed by atoms with Crippen molar-refractivity contribution in [3.8, 4) is 72.4 Å². The van der Waals surface area contributed by atoms with E-state index in [-0.39, 0.29) is 0 Å². The van der Waals surface area contributed by atoms with Gasteiger partial charge in [-0.25, -0.2) is 0 Å². The van der Waals surface area contributed by atoms with Crippen LogP contribution in [0.4, 0.5) is 17.1 Å². The van der Waals surface area contributed by atoms with E-state index in [1.54, 1.807) is 0 Å². The zero-order valence-electron chi connectivity index (χ0n) is 47.8. The first kappa shape index (κ1) is 51.3. The maximum atomic E-state index is 2.50. The Bertz CT molecular complexity index is 4560. The fraction of sp³-hybridized carbons (Fsp3) is 0.0602. The van der Waals surface area contributed by atoms with Crippen LogP contribution in [0.1, 0.15) is 54.0 Å². The van der Waals surface area contributed by atoms with Crippen LogP contribution in [0.2, 0.25) is 0 Å². The van der Waals surface area contributed by atoms with Gasteiger partial charge in [0.25, 0.3) is 0 Å². The van der Waals surface area contributed by atoms with Gasteiger partial charge < -0.3 is 9.47 Å². The van der Waals surface area contributed by atoms with E-state index in [2.05, 4.69) is 345 Å². The lowest BCUT2D eigenvalue weighted by atomic mass is 9.67. The second kappa shape index (κ2) is 21.7. The summed E-state index contributed by atoms with van der Waals surface area (Å²) in [5.41, 5.74) is 27.2. The second-order valence-electron chi connectivity index (χ2n) is 22.8. The summed E-state index contributed by atoms with van der Waals surface area (Å²) < 4.78 is 2.50. The number of fused-ring (bicyclic) bond motifs is 6. The number of anilines is 3. The summed E-state index contributed by atoms with van der Waals surface area (Å²) in [4.78, 5) is 2.36.